The van der Waals surface area contributed by atoms with Crippen molar-refractivity contribution >= 4 is 65.3 Å². The van der Waals surface area contributed by atoms with Crippen molar-refractivity contribution in [3.05, 3.63) is 141 Å². The van der Waals surface area contributed by atoms with E-state index >= 15 is 0 Å². The Bertz CT molecular complexity index is 3190. The quantitative estimate of drug-likeness (QED) is 0.0824. The molecular formula is C49H50ClN7O9S2. The first-order valence-corrected chi connectivity index (χ1v) is 26.0. The fraction of sp³-hybridized carbons (Fsp3) is 0.327. The Morgan fingerprint density at radius 1 is 0.971 bits per heavy atom. The molecule has 5 heterocycles. The largest absolute Gasteiger partial charge is 0.493 e. The topological polar surface area (TPSA) is 207 Å². The molecule has 1 atom stereocenters. The number of carbonyl (C=O) groups is 1. The van der Waals surface area contributed by atoms with E-state index in [0.29, 0.717) is 41.6 Å². The number of H-pyrrole nitrogens is 1. The molecule has 1 saturated heterocycles. The van der Waals surface area contributed by atoms with Crippen LogP contribution in [0.1, 0.15) is 60.3 Å². The number of halogens is 1. The molecule has 3 aliphatic rings. The molecule has 2 N–H and O–H groups in total. The third kappa shape index (κ3) is 10.4. The third-order valence-corrected chi connectivity index (χ3v) is 15.6. The van der Waals surface area contributed by atoms with Crippen LogP contribution in [-0.2, 0) is 32.7 Å². The van der Waals surface area contributed by atoms with Crippen molar-refractivity contribution in [1.82, 2.24) is 24.6 Å². The molecule has 6 aromatic rings. The number of fused-ring (bicyclic) bond motifs is 2. The smallest absolute Gasteiger partial charge is 0.277 e. The predicted molar refractivity (Wildman–Crippen MR) is 259 cm³/mol. The average Bonchev–Trinajstić information content (AvgIpc) is 3.77. The lowest BCUT2D eigenvalue weighted by Crippen LogP contribution is -2.47. The molecule has 1 aliphatic carbocycles. The molecule has 0 saturated carbocycles. The first-order chi connectivity index (χ1) is 32.4. The number of amides is 1. The standard InChI is InChI=1S/C49H50ClN7O9S2/c1-49(2)14-12-34(43(26-49)32-4-6-35(50)7-5-32)29-55-16-18-56(19-17-55)37-9-11-41(46(23-37)66-38-22-33-13-15-51-47(33)53-27-38)48(58)54-68(63,64)40-24-44(57(59)60)42-21-31(30-65-45(42)25-40)20-36-8-10-39(28-52-36)67(3,61)62/h4-11,13,15,22-25,27-28,31H,12,14,16-21,26,29-30H2,1-3H3,(H,51,53)(H,54,58)/t31-/m1/s1. The van der Waals surface area contributed by atoms with E-state index in [-0.39, 0.29) is 51.9 Å². The number of hydrogen-bond donors (Lipinski definition) is 2. The van der Waals surface area contributed by atoms with Gasteiger partial charge in [-0.25, -0.2) is 26.5 Å². The second-order valence-corrected chi connectivity index (χ2v) is 22.7. The number of rotatable bonds is 13. The van der Waals surface area contributed by atoms with Crippen molar-refractivity contribution in [2.75, 3.05) is 50.5 Å². The molecule has 0 bridgehead atoms. The van der Waals surface area contributed by atoms with Crippen molar-refractivity contribution in [1.29, 1.82) is 0 Å². The van der Waals surface area contributed by atoms with Crippen LogP contribution in [-0.4, -0.2) is 93.1 Å². The second kappa shape index (κ2) is 18.6. The van der Waals surface area contributed by atoms with Crippen molar-refractivity contribution in [2.24, 2.45) is 11.3 Å². The normalized spacial score (nSPS) is 17.6. The van der Waals surface area contributed by atoms with Crippen molar-refractivity contribution < 1.29 is 36.0 Å². The maximum Gasteiger partial charge on any atom is 0.277 e. The SMILES string of the molecule is CC1(C)CCC(CN2CCN(c3ccc(C(=O)NS(=O)(=O)c4cc5c(c([N+](=O)[O-])c4)C[C@@H](Cc4ccc(S(C)(=O)=O)cn4)CO5)c(Oc4cnc5[nH]ccc5c4)c3)CC2)=C(c2ccc(Cl)cc2)C1. The van der Waals surface area contributed by atoms with Gasteiger partial charge < -0.3 is 19.4 Å². The van der Waals surface area contributed by atoms with Gasteiger partial charge in [-0.1, -0.05) is 43.2 Å². The summed E-state index contributed by atoms with van der Waals surface area (Å²) in [7, 11) is -8.15. The van der Waals surface area contributed by atoms with Gasteiger partial charge in [0.25, 0.3) is 21.6 Å². The number of anilines is 1. The number of allylic oxidation sites excluding steroid dienone is 1. The fourth-order valence-corrected chi connectivity index (χ4v) is 10.9. The number of nitrogens with zero attached hydrogens (tertiary/aromatic N) is 5. The van der Waals surface area contributed by atoms with E-state index in [4.69, 9.17) is 21.1 Å². The summed E-state index contributed by atoms with van der Waals surface area (Å²) < 4.78 is 66.0. The Balaban J connectivity index is 0.934. The summed E-state index contributed by atoms with van der Waals surface area (Å²) in [5.74, 6) is -0.879. The summed E-state index contributed by atoms with van der Waals surface area (Å²) in [5.41, 5.74) is 5.87. The highest BCUT2D eigenvalue weighted by molar-refractivity contribution is 7.90. The highest BCUT2D eigenvalue weighted by Gasteiger charge is 2.34. The molecule has 19 heteroatoms. The highest BCUT2D eigenvalue weighted by atomic mass is 35.5. The van der Waals surface area contributed by atoms with Crippen LogP contribution in [0.4, 0.5) is 11.4 Å². The third-order valence-electron chi connectivity index (χ3n) is 12.9. The van der Waals surface area contributed by atoms with E-state index < -0.39 is 41.3 Å². The molecule has 0 radical (unpaired) electrons. The number of hydrogen-bond acceptors (Lipinski definition) is 13. The van der Waals surface area contributed by atoms with Crippen molar-refractivity contribution in [3.63, 3.8) is 0 Å². The molecule has 16 nitrogen and oxygen atoms in total. The van der Waals surface area contributed by atoms with E-state index in [1.165, 1.54) is 47.3 Å². The Labute approximate surface area is 399 Å². The summed E-state index contributed by atoms with van der Waals surface area (Å²) in [6.07, 6.45) is 9.23. The molecule has 9 rings (SSSR count). The van der Waals surface area contributed by atoms with Crippen LogP contribution < -0.4 is 19.1 Å². The van der Waals surface area contributed by atoms with E-state index in [1.54, 1.807) is 30.5 Å². The van der Waals surface area contributed by atoms with Crippen LogP contribution in [0, 0.1) is 21.4 Å². The molecular weight excluding hydrogens is 930 g/mol. The monoisotopic (exact) mass is 979 g/mol. The number of sulfone groups is 1. The number of pyridine rings is 2. The number of carbonyl (C=O) groups excluding carboxylic acids is 1. The number of nitro benzene ring substituents is 1. The first kappa shape index (κ1) is 46.8. The van der Waals surface area contributed by atoms with E-state index in [0.717, 1.165) is 62.3 Å². The van der Waals surface area contributed by atoms with E-state index in [9.17, 15) is 31.7 Å². The van der Waals surface area contributed by atoms with Crippen LogP contribution in [0.2, 0.25) is 5.02 Å². The van der Waals surface area contributed by atoms with Crippen LogP contribution in [0.25, 0.3) is 16.6 Å². The zero-order valence-electron chi connectivity index (χ0n) is 37.7. The fourth-order valence-electron chi connectivity index (χ4n) is 9.21. The van der Waals surface area contributed by atoms with Gasteiger partial charge in [-0.15, -0.1) is 0 Å². The van der Waals surface area contributed by atoms with Crippen LogP contribution in [0.15, 0.2) is 113 Å². The highest BCUT2D eigenvalue weighted by Crippen LogP contribution is 2.44. The maximum atomic E-state index is 14.1. The molecule has 0 spiro atoms. The Morgan fingerprint density at radius 2 is 1.75 bits per heavy atom. The van der Waals surface area contributed by atoms with E-state index in [1.807, 2.05) is 18.2 Å². The lowest BCUT2D eigenvalue weighted by molar-refractivity contribution is -0.386. The van der Waals surface area contributed by atoms with Crippen LogP contribution in [0.3, 0.4) is 0 Å². The molecule has 68 heavy (non-hydrogen) atoms. The maximum absolute atomic E-state index is 14.1. The van der Waals surface area contributed by atoms with Crippen molar-refractivity contribution in [2.45, 2.75) is 55.7 Å². The summed E-state index contributed by atoms with van der Waals surface area (Å²) in [4.78, 5) is 41.7. The van der Waals surface area contributed by atoms with E-state index in [2.05, 4.69) is 55.5 Å². The number of aromatic nitrogens is 3. The van der Waals surface area contributed by atoms with Gasteiger partial charge in [0.1, 0.15) is 22.9 Å². The van der Waals surface area contributed by atoms with Crippen molar-refractivity contribution in [3.8, 4) is 17.2 Å². The predicted octanol–water partition coefficient (Wildman–Crippen LogP) is 8.41. The lowest BCUT2D eigenvalue weighted by Gasteiger charge is -2.39. The Kier molecular flexibility index (Phi) is 12.8. The zero-order chi connectivity index (χ0) is 48.0. The van der Waals surface area contributed by atoms with Gasteiger partial charge in [0.2, 0.25) is 0 Å². The summed E-state index contributed by atoms with van der Waals surface area (Å²) in [5, 5.41) is 13.9. The number of nitro groups is 1. The molecule has 2 aliphatic heterocycles. The Morgan fingerprint density at radius 3 is 2.47 bits per heavy atom. The minimum absolute atomic E-state index is 0.00573. The molecule has 354 valence electrons. The van der Waals surface area contributed by atoms with Gasteiger partial charge in [-0.2, -0.15) is 0 Å². The molecule has 1 fully saturated rings. The first-order valence-electron chi connectivity index (χ1n) is 22.2. The Hall–Kier alpha value is -6.34. The van der Waals surface area contributed by atoms with Gasteiger partial charge >= 0.3 is 0 Å². The number of benzene rings is 3. The van der Waals surface area contributed by atoms with Gasteiger partial charge in [0.15, 0.2) is 9.84 Å². The van der Waals surface area contributed by atoms with Gasteiger partial charge in [-0.3, -0.25) is 24.8 Å². The minimum Gasteiger partial charge on any atom is -0.493 e. The molecule has 0 unspecified atom stereocenters. The van der Waals surface area contributed by atoms with Gasteiger partial charge in [0.05, 0.1) is 38.6 Å². The van der Waals surface area contributed by atoms with Gasteiger partial charge in [0, 0.05) is 97.3 Å². The lowest BCUT2D eigenvalue weighted by atomic mass is 9.72. The second-order valence-electron chi connectivity index (χ2n) is 18.5. The molecule has 3 aromatic carbocycles. The molecule has 3 aromatic heterocycles. The average molecular weight is 981 g/mol. The number of piperazine rings is 1. The summed E-state index contributed by atoms with van der Waals surface area (Å²) >= 11 is 6.25. The zero-order valence-corrected chi connectivity index (χ0v) is 40.1. The number of ether oxygens (including phenoxy) is 2. The summed E-state index contributed by atoms with van der Waals surface area (Å²) in [6, 6.07) is 21.8. The number of aromatic amines is 1. The summed E-state index contributed by atoms with van der Waals surface area (Å²) in [6.45, 7) is 8.57. The molecule has 1 amide bonds. The minimum atomic E-state index is -4.71. The number of sulfonamides is 1. The van der Waals surface area contributed by atoms with Gasteiger partial charge in [-0.05, 0) is 97.2 Å². The van der Waals surface area contributed by atoms with Crippen LogP contribution in [0.5, 0.6) is 17.2 Å². The number of nitrogens with one attached hydrogen (secondary N) is 2. The van der Waals surface area contributed by atoms with Crippen LogP contribution >= 0.6 is 11.6 Å².